The lowest BCUT2D eigenvalue weighted by Gasteiger charge is -2.12. The van der Waals surface area contributed by atoms with Gasteiger partial charge in [0.1, 0.15) is 11.2 Å². The first-order chi connectivity index (χ1) is 23.3. The van der Waals surface area contributed by atoms with Crippen LogP contribution in [-0.2, 0) is 0 Å². The molecule has 218 valence electrons. The van der Waals surface area contributed by atoms with Crippen LogP contribution in [0.15, 0.2) is 162 Å². The molecule has 3 aromatic heterocycles. The molecule has 0 amide bonds. The molecule has 0 unspecified atom stereocenters. The molecule has 0 radical (unpaired) electrons. The molecular formula is C44H26N2O. The predicted octanol–water partition coefficient (Wildman–Crippen LogP) is 12.0. The molecule has 0 atom stereocenters. The van der Waals surface area contributed by atoms with Gasteiger partial charge in [-0.1, -0.05) is 84.9 Å². The standard InChI is InChI=1S/C44H26N2O/c1-4-12-37-33(9-1)34-10-2-5-13-38(34)45(37)31-19-21-32(22-20-31)46-39-14-7-8-27-16-17-29-24-30(26-40(46)44(29)43(27)39)28-18-23-42-36(25-28)35-11-3-6-15-41(35)47-42/h1-26H. The fraction of sp³-hybridized carbons (Fsp3) is 0. The Hall–Kier alpha value is -6.32. The molecule has 11 rings (SSSR count). The van der Waals surface area contributed by atoms with E-state index in [2.05, 4.69) is 155 Å². The second kappa shape index (κ2) is 9.12. The van der Waals surface area contributed by atoms with E-state index in [9.17, 15) is 0 Å². The van der Waals surface area contributed by atoms with Crippen LogP contribution in [0.25, 0.3) is 98.8 Å². The number of aromatic nitrogens is 2. The lowest BCUT2D eigenvalue weighted by molar-refractivity contribution is 0.669. The predicted molar refractivity (Wildman–Crippen MR) is 197 cm³/mol. The van der Waals surface area contributed by atoms with Crippen molar-refractivity contribution in [3.63, 3.8) is 0 Å². The summed E-state index contributed by atoms with van der Waals surface area (Å²) in [6.07, 6.45) is 0. The van der Waals surface area contributed by atoms with E-state index in [0.29, 0.717) is 0 Å². The molecule has 0 N–H and O–H groups in total. The summed E-state index contributed by atoms with van der Waals surface area (Å²) in [5, 5.41) is 9.97. The van der Waals surface area contributed by atoms with Gasteiger partial charge in [0.2, 0.25) is 0 Å². The van der Waals surface area contributed by atoms with E-state index >= 15 is 0 Å². The summed E-state index contributed by atoms with van der Waals surface area (Å²) in [7, 11) is 0. The average molecular weight is 599 g/mol. The van der Waals surface area contributed by atoms with Crippen molar-refractivity contribution in [2.45, 2.75) is 0 Å². The lowest BCUT2D eigenvalue weighted by atomic mass is 9.96. The Kier molecular flexibility index (Phi) is 4.84. The van der Waals surface area contributed by atoms with Crippen molar-refractivity contribution in [1.29, 1.82) is 0 Å². The Balaban J connectivity index is 1.14. The molecule has 0 aliphatic rings. The fourth-order valence-corrected chi connectivity index (χ4v) is 8.00. The van der Waals surface area contributed by atoms with Gasteiger partial charge in [0.05, 0.1) is 22.1 Å². The minimum Gasteiger partial charge on any atom is -0.456 e. The van der Waals surface area contributed by atoms with Crippen LogP contribution in [-0.4, -0.2) is 9.13 Å². The van der Waals surface area contributed by atoms with Crippen molar-refractivity contribution >= 4 is 76.3 Å². The van der Waals surface area contributed by atoms with Crippen LogP contribution < -0.4 is 0 Å². The second-order valence-electron chi connectivity index (χ2n) is 12.6. The molecule has 8 aromatic carbocycles. The summed E-state index contributed by atoms with van der Waals surface area (Å²) >= 11 is 0. The van der Waals surface area contributed by atoms with Crippen LogP contribution in [0.4, 0.5) is 0 Å². The Labute approximate surface area is 269 Å². The van der Waals surface area contributed by atoms with E-state index in [0.717, 1.165) is 33.3 Å². The van der Waals surface area contributed by atoms with Crippen molar-refractivity contribution in [3.05, 3.63) is 158 Å². The maximum atomic E-state index is 6.15. The molecule has 0 bridgehead atoms. The minimum atomic E-state index is 0.916. The quantitative estimate of drug-likeness (QED) is 0.186. The Bertz CT molecular complexity index is 2950. The van der Waals surface area contributed by atoms with Crippen LogP contribution >= 0.6 is 0 Å². The van der Waals surface area contributed by atoms with Crippen LogP contribution in [0, 0.1) is 0 Å². The van der Waals surface area contributed by atoms with E-state index in [1.165, 1.54) is 65.5 Å². The van der Waals surface area contributed by atoms with E-state index in [1.807, 2.05) is 12.1 Å². The molecule has 0 saturated carbocycles. The summed E-state index contributed by atoms with van der Waals surface area (Å²) in [4.78, 5) is 0. The zero-order valence-corrected chi connectivity index (χ0v) is 25.3. The highest BCUT2D eigenvalue weighted by atomic mass is 16.3. The number of rotatable bonds is 3. The highest BCUT2D eigenvalue weighted by molar-refractivity contribution is 6.25. The summed E-state index contributed by atoms with van der Waals surface area (Å²) in [5.74, 6) is 0. The highest BCUT2D eigenvalue weighted by Gasteiger charge is 2.19. The zero-order chi connectivity index (χ0) is 30.6. The van der Waals surface area contributed by atoms with Gasteiger partial charge in [0.25, 0.3) is 0 Å². The Morgan fingerprint density at radius 3 is 1.70 bits per heavy atom. The number of benzene rings is 8. The van der Waals surface area contributed by atoms with E-state index in [-0.39, 0.29) is 0 Å². The van der Waals surface area contributed by atoms with Crippen molar-refractivity contribution in [2.24, 2.45) is 0 Å². The topological polar surface area (TPSA) is 23.0 Å². The van der Waals surface area contributed by atoms with Gasteiger partial charge in [-0.15, -0.1) is 0 Å². The molecule has 3 heteroatoms. The van der Waals surface area contributed by atoms with Gasteiger partial charge < -0.3 is 13.6 Å². The Morgan fingerprint density at radius 1 is 0.340 bits per heavy atom. The third-order valence-electron chi connectivity index (χ3n) is 10.1. The maximum absolute atomic E-state index is 6.15. The van der Waals surface area contributed by atoms with Crippen LogP contribution in [0.2, 0.25) is 0 Å². The smallest absolute Gasteiger partial charge is 0.135 e. The first kappa shape index (κ1) is 24.9. The van der Waals surface area contributed by atoms with Crippen molar-refractivity contribution in [2.75, 3.05) is 0 Å². The third-order valence-corrected chi connectivity index (χ3v) is 10.1. The number of para-hydroxylation sites is 3. The molecule has 11 aromatic rings. The second-order valence-corrected chi connectivity index (χ2v) is 12.6. The van der Waals surface area contributed by atoms with Gasteiger partial charge >= 0.3 is 0 Å². The van der Waals surface area contributed by atoms with Gasteiger partial charge in [-0.05, 0) is 94.7 Å². The number of hydrogen-bond donors (Lipinski definition) is 0. The molecule has 0 aliphatic heterocycles. The zero-order valence-electron chi connectivity index (χ0n) is 25.3. The van der Waals surface area contributed by atoms with Gasteiger partial charge in [0, 0.05) is 43.7 Å². The molecule has 0 saturated heterocycles. The summed E-state index contributed by atoms with van der Waals surface area (Å²) in [5.41, 5.74) is 11.4. The fourth-order valence-electron chi connectivity index (χ4n) is 8.00. The van der Waals surface area contributed by atoms with Gasteiger partial charge in [-0.3, -0.25) is 0 Å². The number of hydrogen-bond acceptors (Lipinski definition) is 1. The number of furan rings is 1. The van der Waals surface area contributed by atoms with E-state index in [4.69, 9.17) is 4.42 Å². The summed E-state index contributed by atoms with van der Waals surface area (Å²) in [6.45, 7) is 0. The normalized spacial score (nSPS) is 12.3. The first-order valence-electron chi connectivity index (χ1n) is 16.1. The summed E-state index contributed by atoms with van der Waals surface area (Å²) < 4.78 is 11.0. The lowest BCUT2D eigenvalue weighted by Crippen LogP contribution is -1.97. The van der Waals surface area contributed by atoms with Gasteiger partial charge in [-0.2, -0.15) is 0 Å². The monoisotopic (exact) mass is 598 g/mol. The largest absolute Gasteiger partial charge is 0.456 e. The van der Waals surface area contributed by atoms with Crippen molar-refractivity contribution in [3.8, 4) is 22.5 Å². The van der Waals surface area contributed by atoms with Gasteiger partial charge in [0.15, 0.2) is 0 Å². The van der Waals surface area contributed by atoms with E-state index in [1.54, 1.807) is 0 Å². The first-order valence-corrected chi connectivity index (χ1v) is 16.1. The average Bonchev–Trinajstić information content (AvgIpc) is 3.79. The van der Waals surface area contributed by atoms with Gasteiger partial charge in [-0.25, -0.2) is 0 Å². The minimum absolute atomic E-state index is 0.916. The molecule has 0 spiro atoms. The molecule has 3 nitrogen and oxygen atoms in total. The van der Waals surface area contributed by atoms with Crippen LogP contribution in [0.3, 0.4) is 0 Å². The number of fused-ring (bicyclic) bond motifs is 6. The molecule has 3 heterocycles. The highest BCUT2D eigenvalue weighted by Crippen LogP contribution is 2.42. The van der Waals surface area contributed by atoms with Crippen molar-refractivity contribution < 1.29 is 4.42 Å². The maximum Gasteiger partial charge on any atom is 0.135 e. The van der Waals surface area contributed by atoms with Crippen LogP contribution in [0.5, 0.6) is 0 Å². The molecule has 0 fully saturated rings. The van der Waals surface area contributed by atoms with Crippen molar-refractivity contribution in [1.82, 2.24) is 9.13 Å². The molecule has 0 aliphatic carbocycles. The van der Waals surface area contributed by atoms with Crippen LogP contribution in [0.1, 0.15) is 0 Å². The Morgan fingerprint density at radius 2 is 0.936 bits per heavy atom. The third kappa shape index (κ3) is 3.40. The van der Waals surface area contributed by atoms with E-state index < -0.39 is 0 Å². The summed E-state index contributed by atoms with van der Waals surface area (Å²) in [6, 6.07) is 57.2. The SMILES string of the molecule is c1ccc2c(c1)oc1ccc(-c3cc4ccc5cccc6c5c4c(c3)n6-c3ccc(-n4c5ccccc5c5ccccc54)cc3)cc12. The molecular weight excluding hydrogens is 572 g/mol. The number of nitrogens with zero attached hydrogens (tertiary/aromatic N) is 2. The molecule has 47 heavy (non-hydrogen) atoms.